The number of carbonyl (C=O) groups excluding carboxylic acids is 2. The Labute approximate surface area is 183 Å². The first-order valence-electron chi connectivity index (χ1n) is 11.3. The molecule has 2 aliphatic rings. The second-order valence-electron chi connectivity index (χ2n) is 8.34. The van der Waals surface area contributed by atoms with Crippen molar-refractivity contribution in [3.05, 3.63) is 53.3 Å². The molecule has 7 nitrogen and oxygen atoms in total. The number of nitrogens with zero attached hydrogens (tertiary/aromatic N) is 4. The van der Waals surface area contributed by atoms with E-state index in [1.807, 2.05) is 18.2 Å². The third-order valence-corrected chi connectivity index (χ3v) is 6.18. The van der Waals surface area contributed by atoms with Gasteiger partial charge in [0.15, 0.2) is 5.78 Å². The van der Waals surface area contributed by atoms with Gasteiger partial charge in [0.2, 0.25) is 11.9 Å². The molecule has 0 unspecified atom stereocenters. The standard InChI is InChI=1S/C24H31N5O2/c30-22(21-7-6-19-4-1-5-20(19)18-21)8-9-23(31)25-12-3-13-28-14-16-29(17-15-28)24-26-10-2-11-27-24/h2,6-7,10-11,18H,1,3-5,8-9,12-17H2,(H,25,31). The maximum Gasteiger partial charge on any atom is 0.225 e. The van der Waals surface area contributed by atoms with E-state index in [9.17, 15) is 9.59 Å². The zero-order valence-corrected chi connectivity index (χ0v) is 18.1. The molecule has 1 saturated heterocycles. The van der Waals surface area contributed by atoms with E-state index in [2.05, 4.69) is 31.2 Å². The number of anilines is 1. The molecule has 1 aromatic carbocycles. The number of piperazine rings is 1. The summed E-state index contributed by atoms with van der Waals surface area (Å²) in [5.74, 6) is 0.814. The van der Waals surface area contributed by atoms with Crippen molar-refractivity contribution in [3.63, 3.8) is 0 Å². The summed E-state index contributed by atoms with van der Waals surface area (Å²) < 4.78 is 0. The van der Waals surface area contributed by atoms with Crippen molar-refractivity contribution in [2.45, 2.75) is 38.5 Å². The molecule has 0 bridgehead atoms. The van der Waals surface area contributed by atoms with Gasteiger partial charge in [0.25, 0.3) is 0 Å². The quantitative estimate of drug-likeness (QED) is 0.494. The SMILES string of the molecule is O=C(CCC(=O)c1ccc2c(c1)CCC2)NCCCN1CCN(c2ncccn2)CC1. The number of carbonyl (C=O) groups is 2. The van der Waals surface area contributed by atoms with Gasteiger partial charge in [0.1, 0.15) is 0 Å². The summed E-state index contributed by atoms with van der Waals surface area (Å²) in [5.41, 5.74) is 3.41. The number of fused-ring (bicyclic) bond motifs is 1. The molecule has 164 valence electrons. The van der Waals surface area contributed by atoms with Gasteiger partial charge in [-0.15, -0.1) is 0 Å². The number of aromatic nitrogens is 2. The van der Waals surface area contributed by atoms with Crippen LogP contribution >= 0.6 is 0 Å². The van der Waals surface area contributed by atoms with E-state index in [0.717, 1.165) is 63.5 Å². The van der Waals surface area contributed by atoms with Crippen molar-refractivity contribution >= 4 is 17.6 Å². The fraction of sp³-hybridized carbons (Fsp3) is 0.500. The molecule has 0 atom stereocenters. The van der Waals surface area contributed by atoms with Crippen LogP contribution in [0.15, 0.2) is 36.7 Å². The van der Waals surface area contributed by atoms with Gasteiger partial charge in [0.05, 0.1) is 0 Å². The lowest BCUT2D eigenvalue weighted by molar-refractivity contribution is -0.121. The Morgan fingerprint density at radius 3 is 2.55 bits per heavy atom. The summed E-state index contributed by atoms with van der Waals surface area (Å²) in [6.45, 7) is 5.39. The second-order valence-corrected chi connectivity index (χ2v) is 8.34. The zero-order chi connectivity index (χ0) is 21.5. The van der Waals surface area contributed by atoms with Crippen LogP contribution in [-0.4, -0.2) is 65.8 Å². The Balaban J connectivity index is 1.09. The number of nitrogens with one attached hydrogen (secondary N) is 1. The number of hydrogen-bond donors (Lipinski definition) is 1. The molecule has 0 saturated carbocycles. The minimum absolute atomic E-state index is 0.0412. The van der Waals surface area contributed by atoms with Gasteiger partial charge in [-0.1, -0.05) is 12.1 Å². The number of benzene rings is 1. The molecule has 31 heavy (non-hydrogen) atoms. The average molecular weight is 422 g/mol. The number of Topliss-reactive ketones (excluding diaryl/α,β-unsaturated/α-hetero) is 1. The number of amides is 1. The third-order valence-electron chi connectivity index (χ3n) is 6.18. The fourth-order valence-corrected chi connectivity index (χ4v) is 4.36. The van der Waals surface area contributed by atoms with Crippen LogP contribution in [0, 0.1) is 0 Å². The topological polar surface area (TPSA) is 78.4 Å². The maximum atomic E-state index is 12.4. The Kier molecular flexibility index (Phi) is 7.25. The predicted molar refractivity (Wildman–Crippen MR) is 120 cm³/mol. The molecule has 1 aromatic heterocycles. The maximum absolute atomic E-state index is 12.4. The summed E-state index contributed by atoms with van der Waals surface area (Å²) in [7, 11) is 0. The largest absolute Gasteiger partial charge is 0.356 e. The van der Waals surface area contributed by atoms with E-state index < -0.39 is 0 Å². The zero-order valence-electron chi connectivity index (χ0n) is 18.1. The highest BCUT2D eigenvalue weighted by Crippen LogP contribution is 2.23. The molecule has 1 amide bonds. The van der Waals surface area contributed by atoms with Gasteiger partial charge in [0, 0.05) is 63.5 Å². The van der Waals surface area contributed by atoms with Crippen molar-refractivity contribution < 1.29 is 9.59 Å². The van der Waals surface area contributed by atoms with Crippen LogP contribution in [0.4, 0.5) is 5.95 Å². The molecular formula is C24H31N5O2. The summed E-state index contributed by atoms with van der Waals surface area (Å²) in [6.07, 6.45) is 8.33. The number of rotatable bonds is 9. The normalized spacial score (nSPS) is 16.2. The molecule has 0 spiro atoms. The van der Waals surface area contributed by atoms with Crippen LogP contribution in [-0.2, 0) is 17.6 Å². The molecule has 0 radical (unpaired) electrons. The van der Waals surface area contributed by atoms with Crippen molar-refractivity contribution in [1.82, 2.24) is 20.2 Å². The Hall–Kier alpha value is -2.80. The smallest absolute Gasteiger partial charge is 0.225 e. The van der Waals surface area contributed by atoms with E-state index in [4.69, 9.17) is 0 Å². The first kappa shape index (κ1) is 21.4. The first-order chi connectivity index (χ1) is 15.2. The molecule has 1 aliphatic carbocycles. The number of hydrogen-bond acceptors (Lipinski definition) is 6. The molecule has 2 heterocycles. The lowest BCUT2D eigenvalue weighted by atomic mass is 10.0. The highest BCUT2D eigenvalue weighted by atomic mass is 16.2. The minimum Gasteiger partial charge on any atom is -0.356 e. The monoisotopic (exact) mass is 421 g/mol. The second kappa shape index (κ2) is 10.5. The van der Waals surface area contributed by atoms with Crippen molar-refractivity contribution in [1.29, 1.82) is 0 Å². The van der Waals surface area contributed by atoms with Crippen LogP contribution in [0.1, 0.15) is 47.2 Å². The van der Waals surface area contributed by atoms with Gasteiger partial charge in [-0.25, -0.2) is 9.97 Å². The van der Waals surface area contributed by atoms with Gasteiger partial charge in [-0.2, -0.15) is 0 Å². The summed E-state index contributed by atoms with van der Waals surface area (Å²) >= 11 is 0. The van der Waals surface area contributed by atoms with E-state index in [1.165, 1.54) is 17.5 Å². The Bertz CT molecular complexity index is 894. The Morgan fingerprint density at radius 1 is 0.968 bits per heavy atom. The van der Waals surface area contributed by atoms with Crippen LogP contribution in [0.3, 0.4) is 0 Å². The molecule has 4 rings (SSSR count). The summed E-state index contributed by atoms with van der Waals surface area (Å²) in [5, 5.41) is 2.96. The lowest BCUT2D eigenvalue weighted by Gasteiger charge is -2.34. The summed E-state index contributed by atoms with van der Waals surface area (Å²) in [4.78, 5) is 37.8. The molecule has 1 fully saturated rings. The van der Waals surface area contributed by atoms with E-state index in [1.54, 1.807) is 12.4 Å². The van der Waals surface area contributed by atoms with Crippen LogP contribution in [0.25, 0.3) is 0 Å². The van der Waals surface area contributed by atoms with Gasteiger partial charge >= 0.3 is 0 Å². The van der Waals surface area contributed by atoms with Crippen LogP contribution < -0.4 is 10.2 Å². The van der Waals surface area contributed by atoms with Gasteiger partial charge in [-0.3, -0.25) is 14.5 Å². The molecule has 7 heteroatoms. The third kappa shape index (κ3) is 5.88. The highest BCUT2D eigenvalue weighted by molar-refractivity contribution is 5.98. The molecule has 2 aromatic rings. The van der Waals surface area contributed by atoms with Gasteiger partial charge in [-0.05, 0) is 55.5 Å². The van der Waals surface area contributed by atoms with E-state index in [-0.39, 0.29) is 24.5 Å². The van der Waals surface area contributed by atoms with Gasteiger partial charge < -0.3 is 10.2 Å². The minimum atomic E-state index is -0.0412. The summed E-state index contributed by atoms with van der Waals surface area (Å²) in [6, 6.07) is 7.83. The van der Waals surface area contributed by atoms with Crippen molar-refractivity contribution in [2.24, 2.45) is 0 Å². The number of ketones is 1. The van der Waals surface area contributed by atoms with E-state index >= 15 is 0 Å². The molecular weight excluding hydrogens is 390 g/mol. The van der Waals surface area contributed by atoms with E-state index in [0.29, 0.717) is 6.54 Å². The Morgan fingerprint density at radius 2 is 1.74 bits per heavy atom. The molecule has 1 aliphatic heterocycles. The highest BCUT2D eigenvalue weighted by Gasteiger charge is 2.18. The van der Waals surface area contributed by atoms with Crippen LogP contribution in [0.5, 0.6) is 0 Å². The van der Waals surface area contributed by atoms with Crippen LogP contribution in [0.2, 0.25) is 0 Å². The van der Waals surface area contributed by atoms with Crippen molar-refractivity contribution in [3.8, 4) is 0 Å². The van der Waals surface area contributed by atoms with Crippen molar-refractivity contribution in [2.75, 3.05) is 44.2 Å². The fourth-order valence-electron chi connectivity index (χ4n) is 4.36. The lowest BCUT2D eigenvalue weighted by Crippen LogP contribution is -2.47. The predicted octanol–water partition coefficient (Wildman–Crippen LogP) is 2.26. The molecule has 1 N–H and O–H groups in total. The first-order valence-corrected chi connectivity index (χ1v) is 11.3. The number of aryl methyl sites for hydroxylation is 2. The average Bonchev–Trinajstić information content (AvgIpc) is 3.29.